The van der Waals surface area contributed by atoms with Crippen molar-refractivity contribution in [1.29, 1.82) is 0 Å². The molecule has 3 aromatic heterocycles. The van der Waals surface area contributed by atoms with Crippen molar-refractivity contribution in [3.8, 4) is 22.4 Å². The van der Waals surface area contributed by atoms with Crippen LogP contribution in [0.15, 0.2) is 72.5 Å². The van der Waals surface area contributed by atoms with Crippen molar-refractivity contribution in [3.63, 3.8) is 0 Å². The average molecular weight is 399 g/mol. The summed E-state index contributed by atoms with van der Waals surface area (Å²) in [5, 5.41) is 0. The molecule has 2 aromatic carbocycles. The summed E-state index contributed by atoms with van der Waals surface area (Å²) < 4.78 is 3.35. The number of hydrogen-bond acceptors (Lipinski definition) is 4. The Balaban J connectivity index is 1.53. The van der Waals surface area contributed by atoms with Gasteiger partial charge in [0.1, 0.15) is 5.65 Å². The normalized spacial score (nSPS) is 11.4. The molecule has 0 aliphatic carbocycles. The summed E-state index contributed by atoms with van der Waals surface area (Å²) in [7, 11) is 0. The summed E-state index contributed by atoms with van der Waals surface area (Å²) in [5.41, 5.74) is 9.80. The Morgan fingerprint density at radius 1 is 0.931 bits per heavy atom. The SMILES string of the molecule is CCN(CC)c1ccc(-c2ccn3c(-c4cccc5ncsc45)cnc3c2)cc1. The van der Waals surface area contributed by atoms with Crippen molar-refractivity contribution in [1.82, 2.24) is 14.4 Å². The van der Waals surface area contributed by atoms with E-state index in [1.807, 2.05) is 11.7 Å². The van der Waals surface area contributed by atoms with Gasteiger partial charge in [-0.15, -0.1) is 11.3 Å². The number of fused-ring (bicyclic) bond motifs is 2. The van der Waals surface area contributed by atoms with Gasteiger partial charge in [-0.3, -0.25) is 4.40 Å². The number of hydrogen-bond donors (Lipinski definition) is 0. The third-order valence-corrected chi connectivity index (χ3v) is 6.35. The van der Waals surface area contributed by atoms with Gasteiger partial charge in [0.25, 0.3) is 0 Å². The van der Waals surface area contributed by atoms with Crippen molar-refractivity contribution in [2.75, 3.05) is 18.0 Å². The maximum absolute atomic E-state index is 4.68. The van der Waals surface area contributed by atoms with Gasteiger partial charge in [-0.2, -0.15) is 0 Å². The molecule has 0 aliphatic heterocycles. The van der Waals surface area contributed by atoms with Crippen LogP contribution in [0.5, 0.6) is 0 Å². The molecule has 0 saturated carbocycles. The lowest BCUT2D eigenvalue weighted by Gasteiger charge is -2.21. The lowest BCUT2D eigenvalue weighted by atomic mass is 10.1. The van der Waals surface area contributed by atoms with Crippen LogP contribution in [0.25, 0.3) is 38.2 Å². The van der Waals surface area contributed by atoms with Crippen LogP contribution in [-0.4, -0.2) is 27.5 Å². The highest BCUT2D eigenvalue weighted by atomic mass is 32.1. The quantitative estimate of drug-likeness (QED) is 0.357. The van der Waals surface area contributed by atoms with Crippen LogP contribution in [0.3, 0.4) is 0 Å². The van der Waals surface area contributed by atoms with E-state index >= 15 is 0 Å². The fraction of sp³-hybridized carbons (Fsp3) is 0.167. The number of rotatable bonds is 5. The van der Waals surface area contributed by atoms with E-state index in [-0.39, 0.29) is 0 Å². The summed E-state index contributed by atoms with van der Waals surface area (Å²) in [4.78, 5) is 11.5. The molecule has 29 heavy (non-hydrogen) atoms. The van der Waals surface area contributed by atoms with Gasteiger partial charge >= 0.3 is 0 Å². The zero-order chi connectivity index (χ0) is 19.8. The van der Waals surface area contributed by atoms with Gasteiger partial charge in [0.15, 0.2) is 0 Å². The topological polar surface area (TPSA) is 33.4 Å². The summed E-state index contributed by atoms with van der Waals surface area (Å²) in [5.74, 6) is 0. The third kappa shape index (κ3) is 3.08. The van der Waals surface area contributed by atoms with Gasteiger partial charge in [-0.25, -0.2) is 9.97 Å². The lowest BCUT2D eigenvalue weighted by Crippen LogP contribution is -2.21. The van der Waals surface area contributed by atoms with E-state index in [1.54, 1.807) is 11.3 Å². The second-order valence-electron chi connectivity index (χ2n) is 7.01. The van der Waals surface area contributed by atoms with Gasteiger partial charge in [0.05, 0.1) is 27.6 Å². The molecular weight excluding hydrogens is 376 g/mol. The Morgan fingerprint density at radius 3 is 2.55 bits per heavy atom. The molecule has 4 nitrogen and oxygen atoms in total. The molecular formula is C24H22N4S. The molecule has 5 rings (SSSR count). The smallest absolute Gasteiger partial charge is 0.137 e. The standard InChI is InChI=1S/C24H22N4S/c1-3-27(4-2)19-10-8-17(9-11-19)18-12-13-28-22(15-25-23(28)14-18)20-6-5-7-21-24(20)29-16-26-21/h5-16H,3-4H2,1-2H3. The van der Waals surface area contributed by atoms with E-state index < -0.39 is 0 Å². The monoisotopic (exact) mass is 398 g/mol. The van der Waals surface area contributed by atoms with Crippen LogP contribution in [0.1, 0.15) is 13.8 Å². The molecule has 5 heteroatoms. The fourth-order valence-corrected chi connectivity index (χ4v) is 4.71. The Morgan fingerprint density at radius 2 is 1.76 bits per heavy atom. The second-order valence-corrected chi connectivity index (χ2v) is 7.87. The number of benzene rings is 2. The molecule has 0 radical (unpaired) electrons. The van der Waals surface area contributed by atoms with Gasteiger partial charge < -0.3 is 4.90 Å². The minimum Gasteiger partial charge on any atom is -0.372 e. The van der Waals surface area contributed by atoms with E-state index in [0.717, 1.165) is 29.9 Å². The van der Waals surface area contributed by atoms with Gasteiger partial charge in [-0.1, -0.05) is 24.3 Å². The largest absolute Gasteiger partial charge is 0.372 e. The Kier molecular flexibility index (Phi) is 4.52. The van der Waals surface area contributed by atoms with Crippen molar-refractivity contribution < 1.29 is 0 Å². The van der Waals surface area contributed by atoms with Crippen LogP contribution >= 0.6 is 11.3 Å². The van der Waals surface area contributed by atoms with Crippen LogP contribution in [0.2, 0.25) is 0 Å². The molecule has 0 unspecified atom stereocenters. The molecule has 0 aliphatic rings. The molecule has 144 valence electrons. The van der Waals surface area contributed by atoms with Crippen LogP contribution in [0.4, 0.5) is 5.69 Å². The molecule has 0 fully saturated rings. The van der Waals surface area contributed by atoms with Crippen LogP contribution in [-0.2, 0) is 0 Å². The van der Waals surface area contributed by atoms with Gasteiger partial charge in [0.2, 0.25) is 0 Å². The highest BCUT2D eigenvalue weighted by Crippen LogP contribution is 2.32. The maximum atomic E-state index is 4.68. The molecule has 0 spiro atoms. The fourth-order valence-electron chi connectivity index (χ4n) is 3.90. The van der Waals surface area contributed by atoms with Crippen LogP contribution in [0, 0.1) is 0 Å². The van der Waals surface area contributed by atoms with E-state index in [4.69, 9.17) is 0 Å². The minimum atomic E-state index is 0.951. The van der Waals surface area contributed by atoms with E-state index in [1.165, 1.54) is 27.1 Å². The molecule has 0 saturated heterocycles. The number of pyridine rings is 1. The van der Waals surface area contributed by atoms with E-state index in [9.17, 15) is 0 Å². The molecule has 5 aromatic rings. The number of anilines is 1. The van der Waals surface area contributed by atoms with Gasteiger partial charge in [-0.05, 0) is 55.3 Å². The van der Waals surface area contributed by atoms with Crippen molar-refractivity contribution in [3.05, 3.63) is 72.5 Å². The number of nitrogens with zero attached hydrogens (tertiary/aromatic N) is 4. The Labute approximate surface area is 174 Å². The first-order chi connectivity index (χ1) is 14.3. The highest BCUT2D eigenvalue weighted by molar-refractivity contribution is 7.17. The third-order valence-electron chi connectivity index (χ3n) is 5.48. The first kappa shape index (κ1) is 17.9. The maximum Gasteiger partial charge on any atom is 0.137 e. The molecule has 0 amide bonds. The number of imidazole rings is 1. The van der Waals surface area contributed by atoms with E-state index in [2.05, 4.69) is 93.9 Å². The van der Waals surface area contributed by atoms with Gasteiger partial charge in [0, 0.05) is 30.5 Å². The number of thiazole rings is 1. The zero-order valence-electron chi connectivity index (χ0n) is 16.5. The average Bonchev–Trinajstić information content (AvgIpc) is 3.41. The zero-order valence-corrected chi connectivity index (χ0v) is 17.4. The predicted octanol–water partition coefficient (Wildman–Crippen LogP) is 6.12. The molecule has 0 bridgehead atoms. The van der Waals surface area contributed by atoms with E-state index in [0.29, 0.717) is 0 Å². The highest BCUT2D eigenvalue weighted by Gasteiger charge is 2.12. The van der Waals surface area contributed by atoms with Crippen molar-refractivity contribution in [2.24, 2.45) is 0 Å². The Hall–Kier alpha value is -3.18. The lowest BCUT2D eigenvalue weighted by molar-refractivity contribution is 0.866. The summed E-state index contributed by atoms with van der Waals surface area (Å²) in [6.07, 6.45) is 4.07. The minimum absolute atomic E-state index is 0.951. The molecule has 0 atom stereocenters. The second kappa shape index (κ2) is 7.33. The molecule has 0 N–H and O–H groups in total. The summed E-state index contributed by atoms with van der Waals surface area (Å²) in [6, 6.07) is 19.4. The first-order valence-electron chi connectivity index (χ1n) is 9.93. The van der Waals surface area contributed by atoms with Crippen molar-refractivity contribution in [2.45, 2.75) is 13.8 Å². The summed E-state index contributed by atoms with van der Waals surface area (Å²) in [6.45, 7) is 6.41. The van der Waals surface area contributed by atoms with Crippen LogP contribution < -0.4 is 4.90 Å². The van der Waals surface area contributed by atoms with Crippen molar-refractivity contribution >= 4 is 32.9 Å². The summed E-state index contributed by atoms with van der Waals surface area (Å²) >= 11 is 1.67. The predicted molar refractivity (Wildman–Crippen MR) is 123 cm³/mol. The molecule has 3 heterocycles. The number of aromatic nitrogens is 3. The first-order valence-corrected chi connectivity index (χ1v) is 10.8. The Bertz CT molecular complexity index is 1280.